The first kappa shape index (κ1) is 13.4. The number of methoxy groups -OCH3 is 1. The molecule has 3 rings (SSSR count). The third-order valence-corrected chi connectivity index (χ3v) is 3.26. The first-order chi connectivity index (χ1) is 10.3. The number of hydrogen-bond acceptors (Lipinski definition) is 5. The molecule has 2 aromatic rings. The lowest BCUT2D eigenvalue weighted by molar-refractivity contribution is 0.171. The summed E-state index contributed by atoms with van der Waals surface area (Å²) in [6.45, 7) is 1.43. The fourth-order valence-electron chi connectivity index (χ4n) is 2.17. The first-order valence-electron chi connectivity index (χ1n) is 6.72. The standard InChI is InChI=1S/C16H17NO4/c1-18-13-4-2-3-5-14(13)21-10-11-8-15-16(9-12(11)17)20-7-6-19-15/h2-5,8-9H,6-7,10,17H2,1H3. The maximum Gasteiger partial charge on any atom is 0.163 e. The van der Waals surface area contributed by atoms with Crippen molar-refractivity contribution in [3.63, 3.8) is 0 Å². The van der Waals surface area contributed by atoms with E-state index < -0.39 is 0 Å². The Kier molecular flexibility index (Phi) is 3.73. The average molecular weight is 287 g/mol. The summed E-state index contributed by atoms with van der Waals surface area (Å²) in [7, 11) is 1.61. The number of para-hydroxylation sites is 2. The van der Waals surface area contributed by atoms with Gasteiger partial charge in [-0.05, 0) is 18.2 Å². The van der Waals surface area contributed by atoms with Gasteiger partial charge in [-0.25, -0.2) is 0 Å². The smallest absolute Gasteiger partial charge is 0.163 e. The maximum atomic E-state index is 6.03. The first-order valence-corrected chi connectivity index (χ1v) is 6.72. The summed E-state index contributed by atoms with van der Waals surface area (Å²) in [5.74, 6) is 2.75. The van der Waals surface area contributed by atoms with Crippen LogP contribution in [0.15, 0.2) is 36.4 Å². The lowest BCUT2D eigenvalue weighted by Crippen LogP contribution is -2.16. The van der Waals surface area contributed by atoms with Crippen molar-refractivity contribution in [3.8, 4) is 23.0 Å². The van der Waals surface area contributed by atoms with Crippen molar-refractivity contribution in [3.05, 3.63) is 42.0 Å². The second-order valence-corrected chi connectivity index (χ2v) is 4.63. The van der Waals surface area contributed by atoms with Crippen LogP contribution >= 0.6 is 0 Å². The molecule has 0 saturated carbocycles. The van der Waals surface area contributed by atoms with Gasteiger partial charge in [0, 0.05) is 17.3 Å². The molecule has 0 bridgehead atoms. The van der Waals surface area contributed by atoms with Gasteiger partial charge in [0.15, 0.2) is 23.0 Å². The van der Waals surface area contributed by atoms with E-state index in [1.807, 2.05) is 30.3 Å². The Morgan fingerprint density at radius 1 is 1.05 bits per heavy atom. The molecule has 1 heterocycles. The predicted molar refractivity (Wildman–Crippen MR) is 79.2 cm³/mol. The van der Waals surface area contributed by atoms with Crippen LogP contribution in [0.2, 0.25) is 0 Å². The lowest BCUT2D eigenvalue weighted by atomic mass is 10.1. The fraction of sp³-hybridized carbons (Fsp3) is 0.250. The monoisotopic (exact) mass is 287 g/mol. The van der Waals surface area contributed by atoms with Crippen LogP contribution in [0.4, 0.5) is 5.69 Å². The molecule has 5 nitrogen and oxygen atoms in total. The number of ether oxygens (including phenoxy) is 4. The highest BCUT2D eigenvalue weighted by atomic mass is 16.6. The third-order valence-electron chi connectivity index (χ3n) is 3.26. The molecule has 2 N–H and O–H groups in total. The molecule has 0 spiro atoms. The molecule has 0 aliphatic carbocycles. The molecule has 0 amide bonds. The van der Waals surface area contributed by atoms with Gasteiger partial charge in [-0.3, -0.25) is 0 Å². The van der Waals surface area contributed by atoms with Gasteiger partial charge in [-0.2, -0.15) is 0 Å². The summed E-state index contributed by atoms with van der Waals surface area (Å²) in [4.78, 5) is 0. The second kappa shape index (κ2) is 5.83. The topological polar surface area (TPSA) is 62.9 Å². The Labute approximate surface area is 123 Å². The van der Waals surface area contributed by atoms with Gasteiger partial charge < -0.3 is 24.7 Å². The Morgan fingerprint density at radius 2 is 1.71 bits per heavy atom. The molecular weight excluding hydrogens is 270 g/mol. The Balaban J connectivity index is 1.79. The summed E-state index contributed by atoms with van der Waals surface area (Å²) in [6, 6.07) is 11.1. The molecule has 0 saturated heterocycles. The van der Waals surface area contributed by atoms with Crippen LogP contribution in [0.1, 0.15) is 5.56 Å². The van der Waals surface area contributed by atoms with Gasteiger partial charge in [0.2, 0.25) is 0 Å². The van der Waals surface area contributed by atoms with E-state index in [0.717, 1.165) is 5.56 Å². The minimum Gasteiger partial charge on any atom is -0.493 e. The molecule has 0 atom stereocenters. The van der Waals surface area contributed by atoms with Crippen molar-refractivity contribution >= 4 is 5.69 Å². The Morgan fingerprint density at radius 3 is 2.43 bits per heavy atom. The average Bonchev–Trinajstić information content (AvgIpc) is 2.53. The van der Waals surface area contributed by atoms with E-state index in [2.05, 4.69) is 0 Å². The third kappa shape index (κ3) is 2.81. The number of nitrogens with two attached hydrogens (primary N) is 1. The van der Waals surface area contributed by atoms with Crippen LogP contribution < -0.4 is 24.7 Å². The van der Waals surface area contributed by atoms with E-state index in [-0.39, 0.29) is 0 Å². The predicted octanol–water partition coefficient (Wildman–Crippen LogP) is 2.63. The highest BCUT2D eigenvalue weighted by Gasteiger charge is 2.15. The van der Waals surface area contributed by atoms with E-state index in [0.29, 0.717) is 48.5 Å². The Bertz CT molecular complexity index is 642. The van der Waals surface area contributed by atoms with E-state index in [9.17, 15) is 0 Å². The van der Waals surface area contributed by atoms with E-state index in [1.165, 1.54) is 0 Å². The zero-order chi connectivity index (χ0) is 14.7. The molecule has 1 aliphatic heterocycles. The zero-order valence-corrected chi connectivity index (χ0v) is 11.8. The molecule has 5 heteroatoms. The van der Waals surface area contributed by atoms with Crippen molar-refractivity contribution < 1.29 is 18.9 Å². The SMILES string of the molecule is COc1ccccc1OCc1cc2c(cc1N)OCCO2. The van der Waals surface area contributed by atoms with Crippen molar-refractivity contribution in [2.45, 2.75) is 6.61 Å². The quantitative estimate of drug-likeness (QED) is 0.876. The van der Waals surface area contributed by atoms with Crippen molar-refractivity contribution in [1.29, 1.82) is 0 Å². The highest BCUT2D eigenvalue weighted by Crippen LogP contribution is 2.35. The number of hydrogen-bond donors (Lipinski definition) is 1. The number of nitrogen functional groups attached to an aromatic ring is 1. The van der Waals surface area contributed by atoms with E-state index in [4.69, 9.17) is 24.7 Å². The highest BCUT2D eigenvalue weighted by molar-refractivity contribution is 5.58. The number of rotatable bonds is 4. The van der Waals surface area contributed by atoms with Crippen LogP contribution in [0.3, 0.4) is 0 Å². The minimum absolute atomic E-state index is 0.336. The van der Waals surface area contributed by atoms with Crippen molar-refractivity contribution in [2.24, 2.45) is 0 Å². The van der Waals surface area contributed by atoms with Crippen LogP contribution in [0.25, 0.3) is 0 Å². The fourth-order valence-corrected chi connectivity index (χ4v) is 2.17. The van der Waals surface area contributed by atoms with Crippen molar-refractivity contribution in [1.82, 2.24) is 0 Å². The van der Waals surface area contributed by atoms with Gasteiger partial charge in [0.25, 0.3) is 0 Å². The van der Waals surface area contributed by atoms with Gasteiger partial charge >= 0.3 is 0 Å². The minimum atomic E-state index is 0.336. The van der Waals surface area contributed by atoms with Crippen LogP contribution in [-0.2, 0) is 6.61 Å². The van der Waals surface area contributed by atoms with E-state index >= 15 is 0 Å². The van der Waals surface area contributed by atoms with Gasteiger partial charge in [0.1, 0.15) is 19.8 Å². The largest absolute Gasteiger partial charge is 0.493 e. The summed E-state index contributed by atoms with van der Waals surface area (Å²) < 4.78 is 22.1. The molecule has 110 valence electrons. The zero-order valence-electron chi connectivity index (χ0n) is 11.8. The Hall–Kier alpha value is -2.56. The van der Waals surface area contributed by atoms with Gasteiger partial charge in [-0.15, -0.1) is 0 Å². The summed E-state index contributed by atoms with van der Waals surface area (Å²) in [5, 5.41) is 0. The maximum absolute atomic E-state index is 6.03. The lowest BCUT2D eigenvalue weighted by Gasteiger charge is -2.20. The molecular formula is C16H17NO4. The molecule has 0 radical (unpaired) electrons. The van der Waals surface area contributed by atoms with Crippen LogP contribution in [0.5, 0.6) is 23.0 Å². The second-order valence-electron chi connectivity index (χ2n) is 4.63. The summed E-state index contributed by atoms with van der Waals surface area (Å²) in [6.07, 6.45) is 0. The number of anilines is 1. The number of benzene rings is 2. The summed E-state index contributed by atoms with van der Waals surface area (Å²) in [5.41, 5.74) is 7.50. The number of fused-ring (bicyclic) bond motifs is 1. The van der Waals surface area contributed by atoms with E-state index in [1.54, 1.807) is 13.2 Å². The van der Waals surface area contributed by atoms with Gasteiger partial charge in [-0.1, -0.05) is 12.1 Å². The van der Waals surface area contributed by atoms with Gasteiger partial charge in [0.05, 0.1) is 7.11 Å². The normalized spacial score (nSPS) is 12.8. The molecule has 0 aromatic heterocycles. The molecule has 0 unspecified atom stereocenters. The molecule has 21 heavy (non-hydrogen) atoms. The summed E-state index contributed by atoms with van der Waals surface area (Å²) >= 11 is 0. The van der Waals surface area contributed by atoms with Crippen LogP contribution in [0, 0.1) is 0 Å². The molecule has 2 aromatic carbocycles. The van der Waals surface area contributed by atoms with Crippen LogP contribution in [-0.4, -0.2) is 20.3 Å². The molecule has 1 aliphatic rings. The molecule has 0 fully saturated rings. The van der Waals surface area contributed by atoms with Crippen molar-refractivity contribution in [2.75, 3.05) is 26.1 Å².